The first-order valence-corrected chi connectivity index (χ1v) is 12.2. The minimum Gasteiger partial charge on any atom is -0.469 e. The van der Waals surface area contributed by atoms with Crippen LogP contribution in [0.5, 0.6) is 0 Å². The average molecular weight is 478 g/mol. The number of benzene rings is 1. The van der Waals surface area contributed by atoms with E-state index in [1.807, 2.05) is 26.0 Å². The second kappa shape index (κ2) is 12.3. The number of ether oxygens (including phenoxy) is 1. The summed E-state index contributed by atoms with van der Waals surface area (Å²) in [6.45, 7) is 5.96. The second-order valence-corrected chi connectivity index (χ2v) is 9.29. The van der Waals surface area contributed by atoms with Crippen LogP contribution in [0.1, 0.15) is 68.6 Å². The van der Waals surface area contributed by atoms with Gasteiger partial charge in [-0.25, -0.2) is 0 Å². The molecule has 8 heteroatoms. The van der Waals surface area contributed by atoms with E-state index in [-0.39, 0.29) is 17.4 Å². The molecular weight excluding hydrogens is 442 g/mol. The molecule has 8 nitrogen and oxygen atoms in total. The van der Waals surface area contributed by atoms with E-state index in [0.29, 0.717) is 23.2 Å². The molecular formula is C27H35N5O3. The summed E-state index contributed by atoms with van der Waals surface area (Å²) in [6.07, 6.45) is 7.02. The van der Waals surface area contributed by atoms with Gasteiger partial charge in [0, 0.05) is 18.5 Å². The lowest BCUT2D eigenvalue weighted by Gasteiger charge is -2.17. The van der Waals surface area contributed by atoms with Crippen molar-refractivity contribution in [2.45, 2.75) is 58.3 Å². The average Bonchev–Trinajstić information content (AvgIpc) is 3.28. The molecule has 0 saturated heterocycles. The van der Waals surface area contributed by atoms with Crippen molar-refractivity contribution < 1.29 is 9.53 Å². The number of rotatable bonds is 12. The van der Waals surface area contributed by atoms with Crippen molar-refractivity contribution >= 4 is 11.6 Å². The lowest BCUT2D eigenvalue weighted by atomic mass is 9.97. The quantitative estimate of drug-likeness (QED) is 0.308. The van der Waals surface area contributed by atoms with Gasteiger partial charge in [0.05, 0.1) is 19.0 Å². The van der Waals surface area contributed by atoms with Crippen molar-refractivity contribution in [1.29, 1.82) is 5.26 Å². The number of hydrogen-bond acceptors (Lipinski definition) is 6. The Labute approximate surface area is 206 Å². The molecule has 0 bridgehead atoms. The summed E-state index contributed by atoms with van der Waals surface area (Å²) in [5.74, 6) is -0.129. The van der Waals surface area contributed by atoms with Crippen molar-refractivity contribution in [3.8, 4) is 17.3 Å². The predicted octanol–water partition coefficient (Wildman–Crippen LogP) is 4.28. The minimum atomic E-state index is -0.193. The van der Waals surface area contributed by atoms with Crippen LogP contribution in [0.3, 0.4) is 0 Å². The number of likely N-dealkylation sites (N-methyl/N-ethyl adjacent to an activating group) is 1. The molecule has 35 heavy (non-hydrogen) atoms. The fourth-order valence-corrected chi connectivity index (χ4v) is 4.25. The third-order valence-electron chi connectivity index (χ3n) is 6.33. The van der Waals surface area contributed by atoms with Crippen LogP contribution in [-0.2, 0) is 16.0 Å². The summed E-state index contributed by atoms with van der Waals surface area (Å²) in [6, 6.07) is 10.4. The topological polar surface area (TPSA) is 103 Å². The van der Waals surface area contributed by atoms with Gasteiger partial charge in [0.15, 0.2) is 5.65 Å². The van der Waals surface area contributed by atoms with E-state index in [2.05, 4.69) is 45.0 Å². The van der Waals surface area contributed by atoms with Gasteiger partial charge in [-0.05, 0) is 49.9 Å². The first-order valence-electron chi connectivity index (χ1n) is 12.2. The Morgan fingerprint density at radius 2 is 1.89 bits per heavy atom. The van der Waals surface area contributed by atoms with Crippen LogP contribution in [0.4, 0.5) is 0 Å². The zero-order chi connectivity index (χ0) is 25.4. The lowest BCUT2D eigenvalue weighted by Crippen LogP contribution is -2.23. The molecule has 2 heterocycles. The van der Waals surface area contributed by atoms with Gasteiger partial charge in [0.2, 0.25) is 0 Å². The number of esters is 1. The van der Waals surface area contributed by atoms with E-state index >= 15 is 0 Å². The summed E-state index contributed by atoms with van der Waals surface area (Å²) in [5.41, 5.74) is 4.13. The molecule has 0 aliphatic heterocycles. The number of carbonyl (C=O) groups excluding carboxylic acids is 1. The van der Waals surface area contributed by atoms with Gasteiger partial charge in [0.25, 0.3) is 5.56 Å². The van der Waals surface area contributed by atoms with Gasteiger partial charge >= 0.3 is 5.97 Å². The van der Waals surface area contributed by atoms with Crippen LogP contribution in [0.2, 0.25) is 0 Å². The molecule has 0 unspecified atom stereocenters. The van der Waals surface area contributed by atoms with Gasteiger partial charge in [-0.15, -0.1) is 0 Å². The number of aromatic amines is 1. The number of nitriles is 1. The highest BCUT2D eigenvalue weighted by atomic mass is 16.5. The van der Waals surface area contributed by atoms with Crippen molar-refractivity contribution in [3.05, 3.63) is 57.5 Å². The maximum atomic E-state index is 13.1. The molecule has 0 atom stereocenters. The number of unbranched alkanes of at least 4 members (excludes halogenated alkanes) is 3. The van der Waals surface area contributed by atoms with Gasteiger partial charge in [-0.3, -0.25) is 9.59 Å². The Kier molecular flexibility index (Phi) is 9.21. The predicted molar refractivity (Wildman–Crippen MR) is 136 cm³/mol. The van der Waals surface area contributed by atoms with E-state index < -0.39 is 0 Å². The van der Waals surface area contributed by atoms with Crippen molar-refractivity contribution in [2.24, 2.45) is 0 Å². The van der Waals surface area contributed by atoms with Gasteiger partial charge in [-0.2, -0.15) is 14.9 Å². The lowest BCUT2D eigenvalue weighted by molar-refractivity contribution is -0.140. The van der Waals surface area contributed by atoms with Crippen LogP contribution in [-0.4, -0.2) is 52.7 Å². The molecule has 0 aliphatic rings. The van der Waals surface area contributed by atoms with Gasteiger partial charge in [0.1, 0.15) is 11.6 Å². The number of methoxy groups -OCH3 is 1. The smallest absolute Gasteiger partial charge is 0.305 e. The Morgan fingerprint density at radius 3 is 2.54 bits per heavy atom. The molecule has 2 aromatic heterocycles. The number of fused-ring (bicyclic) bond motifs is 1. The van der Waals surface area contributed by atoms with Gasteiger partial charge in [-0.1, -0.05) is 51.0 Å². The summed E-state index contributed by atoms with van der Waals surface area (Å²) in [7, 11) is 3.57. The van der Waals surface area contributed by atoms with Crippen LogP contribution in [0, 0.1) is 11.3 Å². The highest BCUT2D eigenvalue weighted by Gasteiger charge is 2.19. The molecule has 0 spiro atoms. The molecule has 0 aliphatic carbocycles. The van der Waals surface area contributed by atoms with Crippen molar-refractivity contribution in [2.75, 3.05) is 27.2 Å². The number of nitrogens with one attached hydrogen (secondary N) is 1. The Bertz CT molecular complexity index is 1230. The summed E-state index contributed by atoms with van der Waals surface area (Å²) in [4.78, 5) is 29.8. The number of nitrogens with zero attached hydrogens (tertiary/aromatic N) is 4. The fourth-order valence-electron chi connectivity index (χ4n) is 4.25. The monoisotopic (exact) mass is 477 g/mol. The molecule has 0 amide bonds. The normalized spacial score (nSPS) is 11.3. The molecule has 186 valence electrons. The number of aromatic nitrogens is 3. The molecule has 0 saturated carbocycles. The van der Waals surface area contributed by atoms with Crippen molar-refractivity contribution in [1.82, 2.24) is 19.5 Å². The number of hydrogen-bond donors (Lipinski definition) is 1. The fraction of sp³-hybridized carbons (Fsp3) is 0.481. The largest absolute Gasteiger partial charge is 0.469 e. The highest BCUT2D eigenvalue weighted by Crippen LogP contribution is 2.26. The number of carbonyl (C=O) groups is 1. The zero-order valence-corrected chi connectivity index (χ0v) is 21.1. The first kappa shape index (κ1) is 26.2. The van der Waals surface area contributed by atoms with Crippen LogP contribution >= 0.6 is 0 Å². The van der Waals surface area contributed by atoms with E-state index in [1.54, 1.807) is 0 Å². The van der Waals surface area contributed by atoms with E-state index in [9.17, 15) is 14.9 Å². The third-order valence-corrected chi connectivity index (χ3v) is 6.33. The molecule has 0 fully saturated rings. The summed E-state index contributed by atoms with van der Waals surface area (Å²) >= 11 is 0. The standard InChI is InChI=1S/C27H35N5O3/c1-19(2)24-25(30-26-22(17-28)18-29-32(26)27(24)34)21-12-10-20(11-13-21)14-16-31(3)15-8-6-5-7-9-23(33)35-4/h10-13,18-19,30H,5-9,14-16H2,1-4H3. The molecule has 3 aromatic rings. The second-order valence-electron chi connectivity index (χ2n) is 9.29. The molecule has 1 aromatic carbocycles. The minimum absolute atomic E-state index is 0.00155. The van der Waals surface area contributed by atoms with E-state index in [4.69, 9.17) is 0 Å². The van der Waals surface area contributed by atoms with Crippen LogP contribution in [0.15, 0.2) is 35.3 Å². The Morgan fingerprint density at radius 1 is 1.17 bits per heavy atom. The third kappa shape index (κ3) is 6.58. The van der Waals surface area contributed by atoms with Crippen LogP contribution in [0.25, 0.3) is 16.9 Å². The van der Waals surface area contributed by atoms with Crippen LogP contribution < -0.4 is 5.56 Å². The SMILES string of the molecule is COC(=O)CCCCCCN(C)CCc1ccc(-c2[nH]c3c(C#N)cnn3c(=O)c2C(C)C)cc1. The molecule has 0 radical (unpaired) electrons. The maximum absolute atomic E-state index is 13.1. The maximum Gasteiger partial charge on any atom is 0.305 e. The molecule has 1 N–H and O–H groups in total. The highest BCUT2D eigenvalue weighted by molar-refractivity contribution is 5.69. The Balaban J connectivity index is 1.60. The van der Waals surface area contributed by atoms with E-state index in [0.717, 1.165) is 56.5 Å². The van der Waals surface area contributed by atoms with E-state index in [1.165, 1.54) is 23.4 Å². The Hall–Kier alpha value is -3.44. The summed E-state index contributed by atoms with van der Waals surface area (Å²) in [5, 5.41) is 13.5. The summed E-state index contributed by atoms with van der Waals surface area (Å²) < 4.78 is 5.95. The first-order chi connectivity index (χ1) is 16.8. The van der Waals surface area contributed by atoms with Gasteiger partial charge < -0.3 is 14.6 Å². The molecule has 3 rings (SSSR count). The zero-order valence-electron chi connectivity index (χ0n) is 21.1. The number of H-pyrrole nitrogens is 1. The van der Waals surface area contributed by atoms with Crippen molar-refractivity contribution in [3.63, 3.8) is 0 Å².